The lowest BCUT2D eigenvalue weighted by atomic mass is 10.4. The topological polar surface area (TPSA) is 109 Å². The van der Waals surface area contributed by atoms with Gasteiger partial charge in [-0.15, -0.1) is 0 Å². The molecule has 2 amide bonds. The van der Waals surface area contributed by atoms with Crippen LogP contribution in [-0.4, -0.2) is 63.1 Å². The van der Waals surface area contributed by atoms with Gasteiger partial charge < -0.3 is 25.3 Å². The van der Waals surface area contributed by atoms with Crippen molar-refractivity contribution in [2.24, 2.45) is 0 Å². The summed E-state index contributed by atoms with van der Waals surface area (Å²) in [5.74, 6) is -0.290. The number of rotatable bonds is 12. The predicted octanol–water partition coefficient (Wildman–Crippen LogP) is -1.36. The summed E-state index contributed by atoms with van der Waals surface area (Å²) in [6.07, 6.45) is 0.473. The monoisotopic (exact) mass is 277 g/mol. The summed E-state index contributed by atoms with van der Waals surface area (Å²) in [4.78, 5) is 21.8. The van der Waals surface area contributed by atoms with Gasteiger partial charge in [0.15, 0.2) is 0 Å². The Hall–Kier alpha value is -1.22. The minimum atomic E-state index is -0.297. The van der Waals surface area contributed by atoms with E-state index in [1.165, 1.54) is 0 Å². The average molecular weight is 277 g/mol. The minimum absolute atomic E-state index is 0.00737. The molecule has 0 saturated carbocycles. The molecule has 0 unspecified atom stereocenters. The highest BCUT2D eigenvalue weighted by molar-refractivity contribution is 5.77. The largest absolute Gasteiger partial charge is 0.377 e. The first-order valence-electron chi connectivity index (χ1n) is 6.26. The summed E-state index contributed by atoms with van der Waals surface area (Å²) in [5.41, 5.74) is 1.76. The molecule has 0 aromatic rings. The zero-order chi connectivity index (χ0) is 14.3. The van der Waals surface area contributed by atoms with Gasteiger partial charge in [0, 0.05) is 19.5 Å². The molecule has 0 spiro atoms. The van der Waals surface area contributed by atoms with E-state index < -0.39 is 0 Å². The smallest absolute Gasteiger partial charge is 0.236 e. The third-order valence-electron chi connectivity index (χ3n) is 2.07. The van der Waals surface area contributed by atoms with Crippen molar-refractivity contribution in [1.29, 1.82) is 0 Å². The number of hydroxylamine groups is 1. The van der Waals surface area contributed by atoms with Crippen molar-refractivity contribution in [1.82, 2.24) is 16.1 Å². The van der Waals surface area contributed by atoms with Crippen molar-refractivity contribution in [2.45, 2.75) is 13.3 Å². The van der Waals surface area contributed by atoms with Crippen molar-refractivity contribution < 1.29 is 24.3 Å². The Morgan fingerprint density at radius 1 is 0.947 bits per heavy atom. The average Bonchev–Trinajstić information content (AvgIpc) is 2.40. The van der Waals surface area contributed by atoms with Gasteiger partial charge in [-0.25, -0.2) is 0 Å². The number of nitrogens with one attached hydrogen (secondary N) is 3. The van der Waals surface area contributed by atoms with Crippen LogP contribution in [0.5, 0.6) is 0 Å². The van der Waals surface area contributed by atoms with Crippen LogP contribution in [0.25, 0.3) is 0 Å². The molecule has 0 atom stereocenters. The molecule has 0 bridgehead atoms. The van der Waals surface area contributed by atoms with Gasteiger partial charge in [-0.2, -0.15) is 5.48 Å². The maximum absolute atomic E-state index is 10.9. The molecule has 0 aromatic heterocycles. The lowest BCUT2D eigenvalue weighted by Gasteiger charge is -2.07. The fraction of sp³-hybridized carbons (Fsp3) is 0.818. The predicted molar refractivity (Wildman–Crippen MR) is 67.7 cm³/mol. The fourth-order valence-electron chi connectivity index (χ4n) is 1.11. The molecular weight excluding hydrogens is 254 g/mol. The fourth-order valence-corrected chi connectivity index (χ4v) is 1.11. The minimum Gasteiger partial charge on any atom is -0.377 e. The van der Waals surface area contributed by atoms with Gasteiger partial charge in [-0.3, -0.25) is 9.59 Å². The Morgan fingerprint density at radius 2 is 1.47 bits per heavy atom. The summed E-state index contributed by atoms with van der Waals surface area (Å²) >= 11 is 0. The molecule has 0 saturated heterocycles. The quantitative estimate of drug-likeness (QED) is 0.259. The summed E-state index contributed by atoms with van der Waals surface area (Å²) < 4.78 is 10.4. The van der Waals surface area contributed by atoms with E-state index in [1.807, 2.05) is 0 Å². The molecule has 0 aliphatic carbocycles. The highest BCUT2D eigenvalue weighted by Crippen LogP contribution is 1.79. The van der Waals surface area contributed by atoms with Crippen LogP contribution < -0.4 is 16.1 Å². The Labute approximate surface area is 112 Å². The summed E-state index contributed by atoms with van der Waals surface area (Å²) in [6, 6.07) is 0. The lowest BCUT2D eigenvalue weighted by Crippen LogP contribution is -2.34. The Bertz CT molecular complexity index is 250. The van der Waals surface area contributed by atoms with E-state index in [1.54, 1.807) is 12.4 Å². The molecule has 0 radical (unpaired) electrons. The molecule has 0 heterocycles. The van der Waals surface area contributed by atoms with Crippen LogP contribution in [0, 0.1) is 0 Å². The van der Waals surface area contributed by atoms with Crippen molar-refractivity contribution in [3.05, 3.63) is 0 Å². The summed E-state index contributed by atoms with van der Waals surface area (Å²) in [6.45, 7) is 4.24. The first-order chi connectivity index (χ1) is 9.20. The van der Waals surface area contributed by atoms with E-state index in [0.717, 1.165) is 0 Å². The van der Waals surface area contributed by atoms with Crippen molar-refractivity contribution in [2.75, 3.05) is 46.1 Å². The van der Waals surface area contributed by atoms with Crippen LogP contribution >= 0.6 is 0 Å². The highest BCUT2D eigenvalue weighted by Gasteiger charge is 1.98. The van der Waals surface area contributed by atoms with Crippen LogP contribution in [-0.2, 0) is 19.1 Å². The molecule has 0 aliphatic heterocycles. The van der Waals surface area contributed by atoms with Crippen LogP contribution in [0.1, 0.15) is 13.3 Å². The van der Waals surface area contributed by atoms with Gasteiger partial charge in [0.2, 0.25) is 11.8 Å². The van der Waals surface area contributed by atoms with Gasteiger partial charge in [0.25, 0.3) is 0 Å². The molecule has 8 heteroatoms. The summed E-state index contributed by atoms with van der Waals surface area (Å²) in [5, 5.41) is 13.5. The van der Waals surface area contributed by atoms with Gasteiger partial charge in [0.05, 0.1) is 33.0 Å². The molecule has 112 valence electrons. The van der Waals surface area contributed by atoms with E-state index in [0.29, 0.717) is 45.9 Å². The van der Waals surface area contributed by atoms with Crippen molar-refractivity contribution >= 4 is 11.8 Å². The van der Waals surface area contributed by atoms with Gasteiger partial charge >= 0.3 is 0 Å². The second-order valence-corrected chi connectivity index (χ2v) is 3.61. The Balaban J connectivity index is 3.11. The van der Waals surface area contributed by atoms with Crippen LogP contribution in [0.4, 0.5) is 0 Å². The summed E-state index contributed by atoms with van der Waals surface area (Å²) in [7, 11) is 0. The molecule has 0 fully saturated rings. The normalized spacial score (nSPS) is 10.2. The zero-order valence-corrected chi connectivity index (χ0v) is 11.2. The first kappa shape index (κ1) is 17.8. The SMILES string of the molecule is CCC(=O)NCCOCCOCCNC(=O)CNO. The van der Waals surface area contributed by atoms with Crippen molar-refractivity contribution in [3.63, 3.8) is 0 Å². The van der Waals surface area contributed by atoms with E-state index >= 15 is 0 Å². The van der Waals surface area contributed by atoms with Gasteiger partial charge in [-0.1, -0.05) is 6.92 Å². The highest BCUT2D eigenvalue weighted by atomic mass is 16.5. The van der Waals surface area contributed by atoms with Crippen LogP contribution in [0.2, 0.25) is 0 Å². The van der Waals surface area contributed by atoms with E-state index in [2.05, 4.69) is 10.6 Å². The molecular formula is C11H23N3O5. The van der Waals surface area contributed by atoms with Gasteiger partial charge in [0.1, 0.15) is 0 Å². The standard InChI is InChI=1S/C11H23N3O5/c1-2-10(15)12-3-5-18-7-8-19-6-4-13-11(16)9-14-17/h14,17H,2-9H2,1H3,(H,12,15)(H,13,16). The second-order valence-electron chi connectivity index (χ2n) is 3.61. The third-order valence-corrected chi connectivity index (χ3v) is 2.07. The lowest BCUT2D eigenvalue weighted by molar-refractivity contribution is -0.122. The molecule has 4 N–H and O–H groups in total. The van der Waals surface area contributed by atoms with E-state index in [-0.39, 0.29) is 18.4 Å². The maximum atomic E-state index is 10.9. The molecule has 19 heavy (non-hydrogen) atoms. The molecule has 0 aromatic carbocycles. The Morgan fingerprint density at radius 3 is 1.95 bits per heavy atom. The van der Waals surface area contributed by atoms with Crippen molar-refractivity contribution in [3.8, 4) is 0 Å². The molecule has 0 rings (SSSR count). The van der Waals surface area contributed by atoms with Crippen LogP contribution in [0.3, 0.4) is 0 Å². The first-order valence-corrected chi connectivity index (χ1v) is 6.26. The molecule has 8 nitrogen and oxygen atoms in total. The zero-order valence-electron chi connectivity index (χ0n) is 11.2. The third kappa shape index (κ3) is 13.0. The number of ether oxygens (including phenoxy) is 2. The van der Waals surface area contributed by atoms with E-state index in [9.17, 15) is 9.59 Å². The van der Waals surface area contributed by atoms with Gasteiger partial charge in [-0.05, 0) is 0 Å². The van der Waals surface area contributed by atoms with E-state index in [4.69, 9.17) is 14.7 Å². The van der Waals surface area contributed by atoms with Crippen LogP contribution in [0.15, 0.2) is 0 Å². The number of hydrogen-bond acceptors (Lipinski definition) is 6. The maximum Gasteiger partial charge on any atom is 0.236 e. The Kier molecular flexibility index (Phi) is 12.4. The molecule has 0 aliphatic rings. The second kappa shape index (κ2) is 13.2. The number of amides is 2. The number of hydrogen-bond donors (Lipinski definition) is 4. The number of carbonyl (C=O) groups excluding carboxylic acids is 2. The number of carbonyl (C=O) groups is 2.